The highest BCUT2D eigenvalue weighted by Gasteiger charge is 2.33. The number of carbonyl (C=O) groups excluding carboxylic acids is 2. The van der Waals surface area contributed by atoms with E-state index in [1.165, 1.54) is 41.3 Å². The lowest BCUT2D eigenvalue weighted by molar-refractivity contribution is -0.274. The molecule has 1 aliphatic heterocycles. The van der Waals surface area contributed by atoms with Crippen molar-refractivity contribution in [3.05, 3.63) is 83.1 Å². The highest BCUT2D eigenvalue weighted by atomic mass is 35.5. The van der Waals surface area contributed by atoms with Crippen LogP contribution in [0.4, 0.5) is 42.5 Å². The van der Waals surface area contributed by atoms with Gasteiger partial charge in [-0.1, -0.05) is 35.5 Å². The van der Waals surface area contributed by atoms with Crippen LogP contribution in [0, 0.1) is 6.92 Å². The third-order valence-corrected chi connectivity index (χ3v) is 7.50. The fourth-order valence-corrected chi connectivity index (χ4v) is 5.35. The van der Waals surface area contributed by atoms with Crippen LogP contribution in [0.25, 0.3) is 17.1 Å². The molecule has 5 rings (SSSR count). The molecule has 0 saturated carbocycles. The number of anilines is 2. The number of aromatic nitrogens is 3. The largest absolute Gasteiger partial charge is 0.573 e. The molecular formula is C29H21ClF6N6O4S. The Hall–Kier alpha value is -4.61. The zero-order valence-electron chi connectivity index (χ0n) is 23.9. The van der Waals surface area contributed by atoms with E-state index in [9.17, 15) is 35.9 Å². The van der Waals surface area contributed by atoms with Gasteiger partial charge in [-0.15, -0.1) is 18.3 Å². The molecule has 2 heterocycles. The van der Waals surface area contributed by atoms with Crippen molar-refractivity contribution in [1.82, 2.24) is 14.8 Å². The number of nitrogens with zero attached hydrogens (tertiary/aromatic N) is 5. The molecule has 1 N–H and O–H groups in total. The number of benzene rings is 3. The Morgan fingerprint density at radius 3 is 2.49 bits per heavy atom. The summed E-state index contributed by atoms with van der Waals surface area (Å²) in [5.74, 6) is -0.644. The minimum Gasteiger partial charge on any atom is -0.406 e. The van der Waals surface area contributed by atoms with Gasteiger partial charge in [0.2, 0.25) is 5.91 Å². The number of amides is 3. The lowest BCUT2D eigenvalue weighted by Crippen LogP contribution is -2.31. The minimum absolute atomic E-state index is 0.00987. The molecule has 0 spiro atoms. The zero-order chi connectivity index (χ0) is 33.9. The Bertz CT molecular complexity index is 1830. The highest BCUT2D eigenvalue weighted by molar-refractivity contribution is 8.15. The summed E-state index contributed by atoms with van der Waals surface area (Å²) in [6, 6.07) is 13.4. The fourth-order valence-electron chi connectivity index (χ4n) is 4.27. The highest BCUT2D eigenvalue weighted by Crippen LogP contribution is 2.33. The van der Waals surface area contributed by atoms with Crippen LogP contribution >= 0.6 is 23.4 Å². The Balaban J connectivity index is 1.29. The van der Waals surface area contributed by atoms with Crippen molar-refractivity contribution in [2.45, 2.75) is 26.1 Å². The molecule has 1 aromatic heterocycles. The number of hydrogen-bond acceptors (Lipinski definition) is 7. The van der Waals surface area contributed by atoms with Gasteiger partial charge in [-0.25, -0.2) is 14.5 Å². The Morgan fingerprint density at radius 2 is 1.81 bits per heavy atom. The summed E-state index contributed by atoms with van der Waals surface area (Å²) in [5.41, 5.74) is 2.30. The van der Waals surface area contributed by atoms with Gasteiger partial charge in [-0.05, 0) is 61.0 Å². The number of nitrogens with one attached hydrogen (secondary N) is 1. The lowest BCUT2D eigenvalue weighted by Gasteiger charge is -2.21. The molecule has 47 heavy (non-hydrogen) atoms. The summed E-state index contributed by atoms with van der Waals surface area (Å²) in [7, 11) is 0. The predicted molar refractivity (Wildman–Crippen MR) is 162 cm³/mol. The second kappa shape index (κ2) is 13.6. The number of aliphatic imine (C=N–C) groups is 1. The minimum atomic E-state index is -4.82. The van der Waals surface area contributed by atoms with E-state index in [0.717, 1.165) is 28.8 Å². The summed E-state index contributed by atoms with van der Waals surface area (Å²) < 4.78 is 85.1. The van der Waals surface area contributed by atoms with E-state index >= 15 is 0 Å². The number of ether oxygens (including phenoxy) is 2. The molecule has 0 radical (unpaired) electrons. The standard InChI is InChI=1S/C29H21ClF6N6O4S/c1-16-2-3-18(12-45-14-28(31,32)33)23(10-16)42-24(43)13-47-27(42)39-26(44)38-22-9-4-17(11-21(22)30)25-37-15-41(40-25)19-5-7-20(8-6-19)46-29(34,35)36/h2-11,15H,12-14H2,1H3,(H,38,44)/b39-27-. The van der Waals surface area contributed by atoms with Gasteiger partial charge in [0.25, 0.3) is 0 Å². The van der Waals surface area contributed by atoms with Crippen LogP contribution in [-0.2, 0) is 16.1 Å². The van der Waals surface area contributed by atoms with Crippen molar-refractivity contribution in [1.29, 1.82) is 0 Å². The van der Waals surface area contributed by atoms with Crippen LogP contribution in [0.15, 0.2) is 72.0 Å². The summed E-state index contributed by atoms with van der Waals surface area (Å²) in [6.45, 7) is -0.163. The number of carbonyl (C=O) groups is 2. The van der Waals surface area contributed by atoms with E-state index in [-0.39, 0.29) is 33.1 Å². The average Bonchev–Trinajstić information content (AvgIpc) is 3.61. The third-order valence-electron chi connectivity index (χ3n) is 6.26. The molecule has 10 nitrogen and oxygen atoms in total. The van der Waals surface area contributed by atoms with Crippen molar-refractivity contribution in [2.24, 2.45) is 4.99 Å². The van der Waals surface area contributed by atoms with Crippen LogP contribution in [-0.4, -0.2) is 56.8 Å². The van der Waals surface area contributed by atoms with E-state index in [1.54, 1.807) is 25.1 Å². The number of halogens is 7. The number of hydrogen-bond donors (Lipinski definition) is 1. The molecule has 1 saturated heterocycles. The predicted octanol–water partition coefficient (Wildman–Crippen LogP) is 7.54. The molecule has 0 atom stereocenters. The summed E-state index contributed by atoms with van der Waals surface area (Å²) in [6.07, 6.45) is -8.00. The number of amidine groups is 1. The number of aryl methyl sites for hydroxylation is 1. The van der Waals surface area contributed by atoms with Gasteiger partial charge in [0, 0.05) is 11.1 Å². The van der Waals surface area contributed by atoms with Gasteiger partial charge < -0.3 is 14.8 Å². The Labute approximate surface area is 271 Å². The molecule has 3 amide bonds. The molecule has 18 heteroatoms. The number of thioether (sulfide) groups is 1. The maximum Gasteiger partial charge on any atom is 0.573 e. The van der Waals surface area contributed by atoms with E-state index in [1.807, 2.05) is 0 Å². The third kappa shape index (κ3) is 8.81. The first-order chi connectivity index (χ1) is 22.1. The van der Waals surface area contributed by atoms with E-state index in [2.05, 4.69) is 25.1 Å². The number of alkyl halides is 6. The van der Waals surface area contributed by atoms with Crippen molar-refractivity contribution < 1.29 is 45.4 Å². The first kappa shape index (κ1) is 33.7. The summed E-state index contributed by atoms with van der Waals surface area (Å²) >= 11 is 7.38. The summed E-state index contributed by atoms with van der Waals surface area (Å²) in [5, 5.41) is 6.95. The van der Waals surface area contributed by atoms with Crippen LogP contribution < -0.4 is 15.0 Å². The topological polar surface area (TPSA) is 111 Å². The van der Waals surface area contributed by atoms with Gasteiger partial charge in [-0.3, -0.25) is 9.69 Å². The number of urea groups is 1. The molecule has 3 aromatic carbocycles. The van der Waals surface area contributed by atoms with Gasteiger partial charge in [0.1, 0.15) is 18.7 Å². The first-order valence-corrected chi connectivity index (χ1v) is 14.7. The van der Waals surface area contributed by atoms with Gasteiger partial charge in [0.05, 0.1) is 34.4 Å². The van der Waals surface area contributed by atoms with Crippen LogP contribution in [0.3, 0.4) is 0 Å². The first-order valence-electron chi connectivity index (χ1n) is 13.3. The zero-order valence-corrected chi connectivity index (χ0v) is 25.5. The van der Waals surface area contributed by atoms with Crippen LogP contribution in [0.2, 0.25) is 5.02 Å². The van der Waals surface area contributed by atoms with Gasteiger partial charge in [0.15, 0.2) is 11.0 Å². The summed E-state index contributed by atoms with van der Waals surface area (Å²) in [4.78, 5) is 35.1. The fraction of sp³-hybridized carbons (Fsp3) is 0.207. The normalized spacial score (nSPS) is 14.6. The monoisotopic (exact) mass is 698 g/mol. The average molecular weight is 699 g/mol. The van der Waals surface area contributed by atoms with Crippen molar-refractivity contribution in [3.8, 4) is 22.8 Å². The Kier molecular flexibility index (Phi) is 9.78. The van der Waals surface area contributed by atoms with E-state index < -0.39 is 43.4 Å². The SMILES string of the molecule is Cc1ccc(COCC(F)(F)F)c(N2C(=O)CS/C2=N\C(=O)Nc2ccc(-c3ncn(-c4ccc(OC(F)(F)F)cc4)n3)cc2Cl)c1. The molecule has 4 aromatic rings. The van der Waals surface area contributed by atoms with E-state index in [4.69, 9.17) is 16.3 Å². The molecule has 246 valence electrons. The molecule has 1 fully saturated rings. The number of rotatable bonds is 8. The van der Waals surface area contributed by atoms with Crippen molar-refractivity contribution >= 4 is 51.8 Å². The van der Waals surface area contributed by atoms with Crippen LogP contribution in [0.5, 0.6) is 5.75 Å². The maximum atomic E-state index is 12.9. The molecule has 1 aliphatic rings. The molecule has 0 unspecified atom stereocenters. The second-order valence-electron chi connectivity index (χ2n) is 9.83. The molecule has 0 aliphatic carbocycles. The smallest absolute Gasteiger partial charge is 0.406 e. The van der Waals surface area contributed by atoms with Gasteiger partial charge in [-0.2, -0.15) is 18.2 Å². The second-order valence-corrected chi connectivity index (χ2v) is 11.2. The van der Waals surface area contributed by atoms with Crippen molar-refractivity contribution in [2.75, 3.05) is 22.6 Å². The van der Waals surface area contributed by atoms with Crippen molar-refractivity contribution in [3.63, 3.8) is 0 Å². The van der Waals surface area contributed by atoms with E-state index in [0.29, 0.717) is 22.4 Å². The maximum absolute atomic E-state index is 12.9. The van der Waals surface area contributed by atoms with Crippen LogP contribution in [0.1, 0.15) is 11.1 Å². The molecular weight excluding hydrogens is 678 g/mol. The lowest BCUT2D eigenvalue weighted by atomic mass is 10.1. The Morgan fingerprint density at radius 1 is 1.06 bits per heavy atom. The molecule has 0 bridgehead atoms. The van der Waals surface area contributed by atoms with Gasteiger partial charge >= 0.3 is 18.6 Å². The quantitative estimate of drug-likeness (QED) is 0.189.